The van der Waals surface area contributed by atoms with Gasteiger partial charge in [0.05, 0.1) is 7.11 Å². The fourth-order valence-electron chi connectivity index (χ4n) is 2.51. The van der Waals surface area contributed by atoms with Crippen LogP contribution in [0.25, 0.3) is 0 Å². The largest absolute Gasteiger partial charge is 0.468 e. The van der Waals surface area contributed by atoms with E-state index in [-0.39, 0.29) is 0 Å². The lowest BCUT2D eigenvalue weighted by Crippen LogP contribution is -2.37. The van der Waals surface area contributed by atoms with Gasteiger partial charge in [-0.05, 0) is 32.3 Å². The Morgan fingerprint density at radius 2 is 2.37 bits per heavy atom. The Hall–Kier alpha value is -1.49. The third kappa shape index (κ3) is 3.29. The molecule has 0 aromatic carbocycles. The molecule has 1 aliphatic rings. The lowest BCUT2D eigenvalue weighted by atomic mass is 10.0. The van der Waals surface area contributed by atoms with E-state index in [4.69, 9.17) is 10.2 Å². The minimum Gasteiger partial charge on any atom is -0.468 e. The van der Waals surface area contributed by atoms with Gasteiger partial charge in [0.25, 0.3) is 0 Å². The zero-order valence-corrected chi connectivity index (χ0v) is 11.6. The third-order valence-corrected chi connectivity index (χ3v) is 3.66. The maximum atomic E-state index is 11.3. The average Bonchev–Trinajstić information content (AvgIpc) is 2.86. The quantitative estimate of drug-likeness (QED) is 0.840. The van der Waals surface area contributed by atoms with E-state index < -0.39 is 12.0 Å². The van der Waals surface area contributed by atoms with Crippen LogP contribution in [0.1, 0.15) is 31.9 Å². The number of rotatable bonds is 4. The molecular formula is C14H22N2O3. The summed E-state index contributed by atoms with van der Waals surface area (Å²) in [5.74, 6) is 1.19. The molecule has 2 heterocycles. The number of furan rings is 1. The molecule has 0 saturated carbocycles. The Morgan fingerprint density at radius 3 is 3.05 bits per heavy atom. The molecule has 1 aromatic heterocycles. The van der Waals surface area contributed by atoms with Gasteiger partial charge in [-0.1, -0.05) is 0 Å². The van der Waals surface area contributed by atoms with Gasteiger partial charge in [0, 0.05) is 25.1 Å². The molecule has 5 nitrogen and oxygen atoms in total. The van der Waals surface area contributed by atoms with Crippen molar-refractivity contribution in [2.75, 3.05) is 18.6 Å². The van der Waals surface area contributed by atoms with Crippen LogP contribution >= 0.6 is 0 Å². The molecule has 2 N–H and O–H groups in total. The number of nitrogens with two attached hydrogens (primary N) is 1. The predicted octanol–water partition coefficient (Wildman–Crippen LogP) is 1.70. The van der Waals surface area contributed by atoms with Crippen LogP contribution < -0.4 is 10.6 Å². The average molecular weight is 266 g/mol. The summed E-state index contributed by atoms with van der Waals surface area (Å²) in [6, 6.07) is 3.69. The van der Waals surface area contributed by atoms with Crippen molar-refractivity contribution in [1.82, 2.24) is 0 Å². The number of piperidine rings is 1. The molecule has 106 valence electrons. The Labute approximate surface area is 113 Å². The van der Waals surface area contributed by atoms with Crippen LogP contribution in [0.3, 0.4) is 0 Å². The minimum atomic E-state index is -0.664. The number of esters is 1. The normalized spacial score (nSPS) is 21.2. The molecule has 1 saturated heterocycles. The van der Waals surface area contributed by atoms with E-state index in [2.05, 4.69) is 16.6 Å². The summed E-state index contributed by atoms with van der Waals surface area (Å²) >= 11 is 0. The van der Waals surface area contributed by atoms with Crippen LogP contribution in [-0.2, 0) is 16.0 Å². The molecule has 0 amide bonds. The number of carbonyl (C=O) groups is 1. The Bertz CT molecular complexity index is 430. The van der Waals surface area contributed by atoms with E-state index in [1.54, 1.807) is 0 Å². The number of methoxy groups -OCH3 is 1. The van der Waals surface area contributed by atoms with Gasteiger partial charge < -0.3 is 19.8 Å². The van der Waals surface area contributed by atoms with Gasteiger partial charge >= 0.3 is 5.97 Å². The standard InChI is InChI=1S/C14H22N2O3/c1-10-5-3-4-8-16(10)13-7-6-11(19-13)9-12(15)14(17)18-2/h6-7,10,12H,3-5,8-9,15H2,1-2H3. The summed E-state index contributed by atoms with van der Waals surface area (Å²) in [6.07, 6.45) is 4.03. The van der Waals surface area contributed by atoms with Gasteiger partial charge in [0.1, 0.15) is 11.8 Å². The van der Waals surface area contributed by atoms with Gasteiger partial charge in [-0.3, -0.25) is 4.79 Å². The van der Waals surface area contributed by atoms with Gasteiger partial charge in [-0.15, -0.1) is 0 Å². The molecule has 19 heavy (non-hydrogen) atoms. The molecule has 1 aliphatic heterocycles. The van der Waals surface area contributed by atoms with E-state index in [0.717, 1.165) is 18.2 Å². The van der Waals surface area contributed by atoms with Crippen molar-refractivity contribution >= 4 is 11.9 Å². The van der Waals surface area contributed by atoms with Crippen molar-refractivity contribution < 1.29 is 13.9 Å². The third-order valence-electron chi connectivity index (χ3n) is 3.66. The van der Waals surface area contributed by atoms with Crippen molar-refractivity contribution in [3.8, 4) is 0 Å². The zero-order valence-electron chi connectivity index (χ0n) is 11.6. The Balaban J connectivity index is 2.00. The first-order valence-corrected chi connectivity index (χ1v) is 6.80. The van der Waals surface area contributed by atoms with Crippen molar-refractivity contribution in [1.29, 1.82) is 0 Å². The highest BCUT2D eigenvalue weighted by Crippen LogP contribution is 2.26. The van der Waals surface area contributed by atoms with E-state index in [9.17, 15) is 4.79 Å². The van der Waals surface area contributed by atoms with Crippen molar-refractivity contribution in [3.63, 3.8) is 0 Å². The second-order valence-electron chi connectivity index (χ2n) is 5.11. The molecular weight excluding hydrogens is 244 g/mol. The number of hydrogen-bond acceptors (Lipinski definition) is 5. The first kappa shape index (κ1) is 13.9. The lowest BCUT2D eigenvalue weighted by molar-refractivity contribution is -0.142. The molecule has 5 heteroatoms. The second-order valence-corrected chi connectivity index (χ2v) is 5.11. The number of carbonyl (C=O) groups excluding carboxylic acids is 1. The molecule has 0 aliphatic carbocycles. The topological polar surface area (TPSA) is 68.7 Å². The van der Waals surface area contributed by atoms with Crippen molar-refractivity contribution in [2.24, 2.45) is 5.73 Å². The van der Waals surface area contributed by atoms with Gasteiger partial charge in [0.2, 0.25) is 0 Å². The molecule has 2 unspecified atom stereocenters. The SMILES string of the molecule is COC(=O)C(N)Cc1ccc(N2CCCCC2C)o1. The maximum Gasteiger partial charge on any atom is 0.323 e. The fraction of sp³-hybridized carbons (Fsp3) is 0.643. The fourth-order valence-corrected chi connectivity index (χ4v) is 2.51. The molecule has 1 aromatic rings. The highest BCUT2D eigenvalue weighted by Gasteiger charge is 2.22. The summed E-state index contributed by atoms with van der Waals surface area (Å²) in [5.41, 5.74) is 5.73. The first-order valence-electron chi connectivity index (χ1n) is 6.80. The van der Waals surface area contributed by atoms with Crippen LogP contribution in [0.4, 0.5) is 5.88 Å². The number of hydrogen-bond donors (Lipinski definition) is 1. The monoisotopic (exact) mass is 266 g/mol. The smallest absolute Gasteiger partial charge is 0.323 e. The Kier molecular flexibility index (Phi) is 4.47. The zero-order chi connectivity index (χ0) is 13.8. The van der Waals surface area contributed by atoms with Crippen LogP contribution in [0.15, 0.2) is 16.5 Å². The van der Waals surface area contributed by atoms with Gasteiger partial charge in [0.15, 0.2) is 5.88 Å². The lowest BCUT2D eigenvalue weighted by Gasteiger charge is -2.33. The summed E-state index contributed by atoms with van der Waals surface area (Å²) in [6.45, 7) is 3.23. The van der Waals surface area contributed by atoms with E-state index in [1.807, 2.05) is 12.1 Å². The summed E-state index contributed by atoms with van der Waals surface area (Å²) in [7, 11) is 1.34. The van der Waals surface area contributed by atoms with Gasteiger partial charge in [-0.25, -0.2) is 0 Å². The summed E-state index contributed by atoms with van der Waals surface area (Å²) < 4.78 is 10.4. The van der Waals surface area contributed by atoms with Crippen LogP contribution in [0.2, 0.25) is 0 Å². The molecule has 2 atom stereocenters. The minimum absolute atomic E-state index is 0.370. The predicted molar refractivity (Wildman–Crippen MR) is 73.1 cm³/mol. The number of anilines is 1. The van der Waals surface area contributed by atoms with Crippen LogP contribution in [0, 0.1) is 0 Å². The van der Waals surface area contributed by atoms with E-state index in [1.165, 1.54) is 26.4 Å². The molecule has 2 rings (SSSR count). The van der Waals surface area contributed by atoms with E-state index in [0.29, 0.717) is 12.5 Å². The Morgan fingerprint density at radius 1 is 1.58 bits per heavy atom. The van der Waals surface area contributed by atoms with Gasteiger partial charge in [-0.2, -0.15) is 0 Å². The van der Waals surface area contributed by atoms with Crippen molar-refractivity contribution in [3.05, 3.63) is 17.9 Å². The van der Waals surface area contributed by atoms with Crippen LogP contribution in [-0.4, -0.2) is 31.7 Å². The highest BCUT2D eigenvalue weighted by atomic mass is 16.5. The molecule has 0 spiro atoms. The summed E-state index contributed by atoms with van der Waals surface area (Å²) in [4.78, 5) is 13.6. The molecule has 0 radical (unpaired) electrons. The van der Waals surface area contributed by atoms with E-state index >= 15 is 0 Å². The number of nitrogens with zero attached hydrogens (tertiary/aromatic N) is 1. The second kappa shape index (κ2) is 6.10. The summed E-state index contributed by atoms with van der Waals surface area (Å²) in [5, 5.41) is 0. The van der Waals surface area contributed by atoms with Crippen molar-refractivity contribution in [2.45, 2.75) is 44.7 Å². The molecule has 1 fully saturated rings. The van der Waals surface area contributed by atoms with Crippen LogP contribution in [0.5, 0.6) is 0 Å². The molecule has 0 bridgehead atoms. The first-order chi connectivity index (χ1) is 9.11. The maximum absolute atomic E-state index is 11.3. The highest BCUT2D eigenvalue weighted by molar-refractivity contribution is 5.75. The number of ether oxygens (including phenoxy) is 1.